The Labute approximate surface area is 185 Å². The van der Waals surface area contributed by atoms with Crippen LogP contribution in [0.15, 0.2) is 58.4 Å². The summed E-state index contributed by atoms with van der Waals surface area (Å²) in [5.41, 5.74) is 1.87. The molecule has 0 atom stereocenters. The smallest absolute Gasteiger partial charge is 0.338 e. The molecule has 0 radical (unpaired) electrons. The fourth-order valence-corrected chi connectivity index (χ4v) is 3.90. The number of thioether (sulfide) groups is 1. The highest BCUT2D eigenvalue weighted by Gasteiger charge is 2.32. The van der Waals surface area contributed by atoms with E-state index in [9.17, 15) is 9.59 Å². The van der Waals surface area contributed by atoms with Gasteiger partial charge in [0.1, 0.15) is 12.4 Å². The summed E-state index contributed by atoms with van der Waals surface area (Å²) in [4.78, 5) is 31.6. The maximum absolute atomic E-state index is 12.8. The summed E-state index contributed by atoms with van der Waals surface area (Å²) in [7, 11) is 0. The molecule has 6 nitrogen and oxygen atoms in total. The van der Waals surface area contributed by atoms with Crippen LogP contribution in [-0.2, 0) is 9.53 Å². The largest absolute Gasteiger partial charge is 0.481 e. The molecule has 158 valence electrons. The number of aliphatic imine (C=N–C) groups is 1. The topological polar surface area (TPSA) is 68.2 Å². The number of carbonyl (C=O) groups is 2. The highest BCUT2D eigenvalue weighted by molar-refractivity contribution is 8.18. The van der Waals surface area contributed by atoms with E-state index < -0.39 is 5.97 Å². The molecule has 1 aliphatic rings. The van der Waals surface area contributed by atoms with Gasteiger partial charge in [0.15, 0.2) is 5.17 Å². The third-order valence-electron chi connectivity index (χ3n) is 4.29. The van der Waals surface area contributed by atoms with Crippen LogP contribution < -0.4 is 4.74 Å². The first-order chi connectivity index (χ1) is 15.0. The number of benzene rings is 2. The highest BCUT2D eigenvalue weighted by atomic mass is 32.2. The number of carbonyl (C=O) groups excluding carboxylic acids is 2. The van der Waals surface area contributed by atoms with Crippen molar-refractivity contribution in [2.75, 3.05) is 19.8 Å². The van der Waals surface area contributed by atoms with Crippen LogP contribution in [0.3, 0.4) is 0 Å². The quantitative estimate of drug-likeness (QED) is 0.365. The minimum Gasteiger partial charge on any atom is -0.481 e. The number of terminal acetylenes is 1. The molecular formula is C24H22N2O4S. The lowest BCUT2D eigenvalue weighted by atomic mass is 10.2. The maximum Gasteiger partial charge on any atom is 0.338 e. The highest BCUT2D eigenvalue weighted by Crippen LogP contribution is 2.34. The van der Waals surface area contributed by atoms with Gasteiger partial charge in [0.2, 0.25) is 0 Å². The van der Waals surface area contributed by atoms with Crippen LogP contribution in [0.4, 0.5) is 5.69 Å². The van der Waals surface area contributed by atoms with Gasteiger partial charge >= 0.3 is 5.97 Å². The fraction of sp³-hybridized carbons (Fsp3) is 0.208. The minimum absolute atomic E-state index is 0.111. The van der Waals surface area contributed by atoms with Gasteiger partial charge in [-0.2, -0.15) is 0 Å². The van der Waals surface area contributed by atoms with E-state index in [-0.39, 0.29) is 12.5 Å². The van der Waals surface area contributed by atoms with Crippen molar-refractivity contribution in [3.05, 3.63) is 64.6 Å². The molecule has 1 heterocycles. The third kappa shape index (κ3) is 5.56. The van der Waals surface area contributed by atoms with E-state index in [0.29, 0.717) is 40.2 Å². The standard InChI is InChI=1S/C24H22N2O4S/c1-4-14-30-20-12-10-17(11-13-20)15-21-22(27)26(5-2)24(31-21)25-19-9-7-8-18(16-19)23(28)29-6-3/h1,7-13,15-16H,5-6,14H2,2-3H3. The number of likely N-dealkylation sites (N-methyl/N-ethyl adjacent to an activating group) is 1. The van der Waals surface area contributed by atoms with E-state index in [1.807, 2.05) is 25.1 Å². The first-order valence-corrected chi connectivity index (χ1v) is 10.6. The second-order valence-electron chi connectivity index (χ2n) is 6.39. The molecule has 0 N–H and O–H groups in total. The average molecular weight is 435 g/mol. The van der Waals surface area contributed by atoms with E-state index in [1.54, 1.807) is 48.2 Å². The average Bonchev–Trinajstić information content (AvgIpc) is 3.07. The molecule has 0 spiro atoms. The normalized spacial score (nSPS) is 15.9. The van der Waals surface area contributed by atoms with Gasteiger partial charge in [-0.3, -0.25) is 9.69 Å². The van der Waals surface area contributed by atoms with Crippen molar-refractivity contribution in [3.8, 4) is 18.1 Å². The molecular weight excluding hydrogens is 412 g/mol. The number of amidine groups is 1. The van der Waals surface area contributed by atoms with Crippen molar-refractivity contribution in [1.29, 1.82) is 0 Å². The van der Waals surface area contributed by atoms with Crippen LogP contribution in [0.25, 0.3) is 6.08 Å². The monoisotopic (exact) mass is 434 g/mol. The molecule has 3 rings (SSSR count). The molecule has 0 saturated carbocycles. The van der Waals surface area contributed by atoms with Crippen molar-refractivity contribution < 1.29 is 19.1 Å². The Bertz CT molecular complexity index is 1070. The number of esters is 1. The molecule has 0 aliphatic carbocycles. The summed E-state index contributed by atoms with van der Waals surface area (Å²) >= 11 is 1.30. The second-order valence-corrected chi connectivity index (χ2v) is 7.40. The summed E-state index contributed by atoms with van der Waals surface area (Å²) in [5, 5.41) is 0.564. The molecule has 0 aromatic heterocycles. The molecule has 1 saturated heterocycles. The molecule has 1 amide bonds. The number of ether oxygens (including phenoxy) is 2. The van der Waals surface area contributed by atoms with Gasteiger partial charge in [-0.05, 0) is 67.6 Å². The minimum atomic E-state index is -0.401. The molecule has 1 aliphatic heterocycles. The van der Waals surface area contributed by atoms with Crippen molar-refractivity contribution in [2.24, 2.45) is 4.99 Å². The zero-order chi connectivity index (χ0) is 22.2. The molecule has 7 heteroatoms. The number of hydrogen-bond donors (Lipinski definition) is 0. The van der Waals surface area contributed by atoms with Crippen molar-refractivity contribution in [2.45, 2.75) is 13.8 Å². The zero-order valence-electron chi connectivity index (χ0n) is 17.3. The molecule has 31 heavy (non-hydrogen) atoms. The molecule has 2 aromatic carbocycles. The maximum atomic E-state index is 12.8. The van der Waals surface area contributed by atoms with Gasteiger partial charge in [-0.1, -0.05) is 24.1 Å². The summed E-state index contributed by atoms with van der Waals surface area (Å²) in [5.74, 6) is 2.58. The van der Waals surface area contributed by atoms with Gasteiger partial charge < -0.3 is 9.47 Å². The van der Waals surface area contributed by atoms with Gasteiger partial charge in [0, 0.05) is 6.54 Å². The van der Waals surface area contributed by atoms with Crippen LogP contribution in [-0.4, -0.2) is 41.7 Å². The van der Waals surface area contributed by atoms with E-state index in [0.717, 1.165) is 5.56 Å². The Hall–Kier alpha value is -3.50. The van der Waals surface area contributed by atoms with Crippen molar-refractivity contribution >= 4 is 40.6 Å². The van der Waals surface area contributed by atoms with E-state index in [1.165, 1.54) is 11.8 Å². The Kier molecular flexibility index (Phi) is 7.52. The van der Waals surface area contributed by atoms with Crippen LogP contribution in [0.1, 0.15) is 29.8 Å². The Morgan fingerprint density at radius 3 is 2.68 bits per heavy atom. The lowest BCUT2D eigenvalue weighted by Crippen LogP contribution is -2.28. The van der Waals surface area contributed by atoms with Crippen LogP contribution in [0.5, 0.6) is 5.75 Å². The van der Waals surface area contributed by atoms with Crippen LogP contribution in [0.2, 0.25) is 0 Å². The first kappa shape index (κ1) is 22.2. The summed E-state index contributed by atoms with van der Waals surface area (Å²) < 4.78 is 10.4. The summed E-state index contributed by atoms with van der Waals surface area (Å²) in [6, 6.07) is 14.2. The number of nitrogens with zero attached hydrogens (tertiary/aromatic N) is 2. The van der Waals surface area contributed by atoms with E-state index in [2.05, 4.69) is 10.9 Å². The zero-order valence-corrected chi connectivity index (χ0v) is 18.1. The second kappa shape index (κ2) is 10.5. The lowest BCUT2D eigenvalue weighted by Gasteiger charge is -2.12. The van der Waals surface area contributed by atoms with E-state index in [4.69, 9.17) is 15.9 Å². The predicted molar refractivity (Wildman–Crippen MR) is 123 cm³/mol. The number of amides is 1. The predicted octanol–water partition coefficient (Wildman–Crippen LogP) is 4.50. The SMILES string of the molecule is C#CCOc1ccc(C=C2SC(=Nc3cccc(C(=O)OCC)c3)N(CC)C2=O)cc1. The van der Waals surface area contributed by atoms with Crippen LogP contribution in [0, 0.1) is 12.3 Å². The number of rotatable bonds is 7. The van der Waals surface area contributed by atoms with E-state index >= 15 is 0 Å². The Morgan fingerprint density at radius 2 is 2.00 bits per heavy atom. The molecule has 2 aromatic rings. The summed E-state index contributed by atoms with van der Waals surface area (Å²) in [6.45, 7) is 4.64. The van der Waals surface area contributed by atoms with Crippen LogP contribution >= 0.6 is 11.8 Å². The summed E-state index contributed by atoms with van der Waals surface area (Å²) in [6.07, 6.45) is 7.02. The Morgan fingerprint density at radius 1 is 1.23 bits per heavy atom. The lowest BCUT2D eigenvalue weighted by molar-refractivity contribution is -0.122. The van der Waals surface area contributed by atoms with Gasteiger partial charge in [0.05, 0.1) is 22.8 Å². The number of hydrogen-bond acceptors (Lipinski definition) is 6. The van der Waals surface area contributed by atoms with Gasteiger partial charge in [-0.25, -0.2) is 9.79 Å². The molecule has 0 unspecified atom stereocenters. The third-order valence-corrected chi connectivity index (χ3v) is 5.29. The van der Waals surface area contributed by atoms with Crippen molar-refractivity contribution in [3.63, 3.8) is 0 Å². The molecule has 0 bridgehead atoms. The first-order valence-electron chi connectivity index (χ1n) is 9.79. The van der Waals surface area contributed by atoms with Gasteiger partial charge in [-0.15, -0.1) is 6.42 Å². The van der Waals surface area contributed by atoms with Crippen molar-refractivity contribution in [1.82, 2.24) is 4.90 Å². The fourth-order valence-electron chi connectivity index (χ4n) is 2.83. The van der Waals surface area contributed by atoms with Gasteiger partial charge in [0.25, 0.3) is 5.91 Å². The molecule has 1 fully saturated rings. The Balaban J connectivity index is 1.83.